The van der Waals surface area contributed by atoms with E-state index in [9.17, 15) is 0 Å². The average Bonchev–Trinajstić information content (AvgIpc) is 2.30. The summed E-state index contributed by atoms with van der Waals surface area (Å²) in [6.45, 7) is 9.22. The first-order valence-corrected chi connectivity index (χ1v) is 12.1. The van der Waals surface area contributed by atoms with Crippen molar-refractivity contribution in [2.24, 2.45) is 0 Å². The molecule has 0 N–H and O–H groups in total. The quantitative estimate of drug-likeness (QED) is 0.271. The van der Waals surface area contributed by atoms with E-state index in [0.717, 1.165) is 0 Å². The van der Waals surface area contributed by atoms with Crippen LogP contribution in [-0.4, -0.2) is 24.6 Å². The van der Waals surface area contributed by atoms with Gasteiger partial charge in [-0.05, 0) is 0 Å². The average molecular weight is 295 g/mol. The summed E-state index contributed by atoms with van der Waals surface area (Å²) in [5.74, 6) is -1.88. The van der Waals surface area contributed by atoms with Crippen molar-refractivity contribution in [2.45, 2.75) is 79.1 Å². The topological polar surface area (TPSA) is 0 Å². The summed E-state index contributed by atoms with van der Waals surface area (Å²) >= 11 is 7.40. The molecule has 0 saturated heterocycles. The molecule has 0 radical (unpaired) electrons. The fourth-order valence-electron chi connectivity index (χ4n) is 3.30. The van der Waals surface area contributed by atoms with E-state index < -0.39 is 5.96 Å². The monoisotopic (exact) mass is 294 g/mol. The number of unbranched alkanes of at least 4 members (excludes halogenated alkanes) is 4. The zero-order valence-corrected chi connectivity index (χ0v) is 15.0. The van der Waals surface area contributed by atoms with Crippen molar-refractivity contribution in [3.05, 3.63) is 0 Å². The second kappa shape index (κ2) is 9.60. The molecule has 0 rings (SSSR count). The number of rotatable bonds is 12. The molecule has 0 atom stereocenters. The molecular weight excluding hydrogens is 259 g/mol. The molecule has 0 nitrogen and oxygen atoms in total. The molecule has 0 aliphatic rings. The van der Waals surface area contributed by atoms with Crippen LogP contribution in [0.5, 0.6) is 0 Å². The van der Waals surface area contributed by atoms with Crippen LogP contribution in [0.25, 0.3) is 0 Å². The van der Waals surface area contributed by atoms with Gasteiger partial charge in [0.2, 0.25) is 0 Å². The van der Waals surface area contributed by atoms with E-state index in [2.05, 4.69) is 27.7 Å². The van der Waals surface area contributed by atoms with Crippen molar-refractivity contribution in [2.75, 3.05) is 24.6 Å². The second-order valence-electron chi connectivity index (χ2n) is 6.13. The van der Waals surface area contributed by atoms with Crippen LogP contribution in [0.3, 0.4) is 0 Å². The Hall–Kier alpha value is 0.720. The van der Waals surface area contributed by atoms with Gasteiger partial charge in [-0.2, -0.15) is 0 Å². The summed E-state index contributed by atoms with van der Waals surface area (Å²) in [6, 6.07) is 0. The summed E-state index contributed by atoms with van der Waals surface area (Å²) in [5, 5.41) is 0. The van der Waals surface area contributed by atoms with E-state index in [1.54, 1.807) is 0 Å². The maximum absolute atomic E-state index is 7.40. The molecule has 112 valence electrons. The second-order valence-corrected chi connectivity index (χ2v) is 14.4. The van der Waals surface area contributed by atoms with Crippen LogP contribution >= 0.6 is 17.2 Å². The van der Waals surface area contributed by atoms with Crippen molar-refractivity contribution in [3.8, 4) is 0 Å². The van der Waals surface area contributed by atoms with Gasteiger partial charge in [-0.25, -0.2) is 0 Å². The van der Waals surface area contributed by atoms with Crippen molar-refractivity contribution < 1.29 is 0 Å². The Morgan fingerprint density at radius 2 is 0.944 bits per heavy atom. The van der Waals surface area contributed by atoms with Gasteiger partial charge in [0.25, 0.3) is 0 Å². The van der Waals surface area contributed by atoms with Gasteiger partial charge in [0.15, 0.2) is 0 Å². The zero-order valence-electron chi connectivity index (χ0n) is 13.3. The molecule has 0 unspecified atom stereocenters. The molecule has 0 spiro atoms. The summed E-state index contributed by atoms with van der Waals surface area (Å²) in [6.07, 6.45) is 16.0. The zero-order chi connectivity index (χ0) is 13.9. The van der Waals surface area contributed by atoms with Crippen molar-refractivity contribution in [3.63, 3.8) is 0 Å². The van der Waals surface area contributed by atoms with Gasteiger partial charge in [-0.3, -0.25) is 0 Å². The van der Waals surface area contributed by atoms with Crippen LogP contribution in [0.1, 0.15) is 79.1 Å². The SMILES string of the molecule is CCCCCP(Cl)(CCC)(CCC)CCCCC. The van der Waals surface area contributed by atoms with E-state index in [4.69, 9.17) is 11.2 Å². The molecule has 0 amide bonds. The summed E-state index contributed by atoms with van der Waals surface area (Å²) in [5.41, 5.74) is 0. The molecule has 0 aliphatic heterocycles. The summed E-state index contributed by atoms with van der Waals surface area (Å²) < 4.78 is 0. The Morgan fingerprint density at radius 3 is 1.22 bits per heavy atom. The third kappa shape index (κ3) is 6.76. The van der Waals surface area contributed by atoms with E-state index in [-0.39, 0.29) is 0 Å². The Morgan fingerprint density at radius 1 is 0.556 bits per heavy atom. The molecule has 0 saturated carbocycles. The van der Waals surface area contributed by atoms with E-state index in [0.29, 0.717) is 0 Å². The normalized spacial score (nSPS) is 14.4. The summed E-state index contributed by atoms with van der Waals surface area (Å²) in [4.78, 5) is 0. The molecule has 0 fully saturated rings. The van der Waals surface area contributed by atoms with Crippen LogP contribution in [0.15, 0.2) is 0 Å². The fraction of sp³-hybridized carbons (Fsp3) is 1.00. The summed E-state index contributed by atoms with van der Waals surface area (Å²) in [7, 11) is 0. The van der Waals surface area contributed by atoms with Gasteiger partial charge in [-0.15, -0.1) is 0 Å². The van der Waals surface area contributed by atoms with Crippen molar-refractivity contribution in [1.82, 2.24) is 0 Å². The van der Waals surface area contributed by atoms with Crippen LogP contribution < -0.4 is 0 Å². The molecular formula is C16H36ClP. The Balaban J connectivity index is 4.66. The first-order chi connectivity index (χ1) is 8.54. The van der Waals surface area contributed by atoms with Gasteiger partial charge in [0.05, 0.1) is 0 Å². The van der Waals surface area contributed by atoms with Crippen LogP contribution in [0, 0.1) is 0 Å². The predicted molar refractivity (Wildman–Crippen MR) is 91.9 cm³/mol. The Kier molecular flexibility index (Phi) is 9.98. The molecule has 0 aromatic rings. The van der Waals surface area contributed by atoms with E-state index in [1.807, 2.05) is 0 Å². The Labute approximate surface area is 121 Å². The number of halogens is 1. The molecule has 18 heavy (non-hydrogen) atoms. The van der Waals surface area contributed by atoms with Crippen molar-refractivity contribution >= 4 is 17.2 Å². The minimum atomic E-state index is -1.88. The molecule has 0 aromatic carbocycles. The first-order valence-electron chi connectivity index (χ1n) is 8.26. The standard InChI is InChI=1S/C16H36ClP/c1-5-9-11-15-18(17,13-7-3,14-8-4)16-12-10-6-2/h5-16H2,1-4H3. The first kappa shape index (κ1) is 18.7. The molecule has 0 aromatic heterocycles. The van der Waals surface area contributed by atoms with Gasteiger partial charge in [0.1, 0.15) is 0 Å². The van der Waals surface area contributed by atoms with Gasteiger partial charge in [0, 0.05) is 0 Å². The Bertz CT molecular complexity index is 183. The minimum absolute atomic E-state index is 1.28. The van der Waals surface area contributed by atoms with E-state index in [1.165, 1.54) is 76.0 Å². The van der Waals surface area contributed by atoms with Gasteiger partial charge < -0.3 is 0 Å². The third-order valence-corrected chi connectivity index (χ3v) is 12.2. The van der Waals surface area contributed by atoms with E-state index >= 15 is 0 Å². The van der Waals surface area contributed by atoms with Crippen LogP contribution in [0.2, 0.25) is 0 Å². The molecule has 0 bridgehead atoms. The third-order valence-electron chi connectivity index (χ3n) is 4.21. The molecule has 0 heterocycles. The number of hydrogen-bond donors (Lipinski definition) is 0. The van der Waals surface area contributed by atoms with Gasteiger partial charge in [-0.1, -0.05) is 0 Å². The molecule has 0 aliphatic carbocycles. The van der Waals surface area contributed by atoms with Gasteiger partial charge >= 0.3 is 121 Å². The molecule has 2 heteroatoms. The maximum atomic E-state index is 7.40. The van der Waals surface area contributed by atoms with Crippen molar-refractivity contribution in [1.29, 1.82) is 0 Å². The number of hydrogen-bond acceptors (Lipinski definition) is 0. The van der Waals surface area contributed by atoms with Crippen LogP contribution in [-0.2, 0) is 0 Å². The fourth-order valence-corrected chi connectivity index (χ4v) is 10.6. The predicted octanol–water partition coefficient (Wildman–Crippen LogP) is 6.89. The van der Waals surface area contributed by atoms with Crippen LogP contribution in [0.4, 0.5) is 0 Å².